The molecule has 0 saturated heterocycles. The molecule has 14 heteroatoms. The molecule has 154 valence electrons. The molecule has 0 aliphatic rings. The second kappa shape index (κ2) is 12.1. The summed E-state index contributed by atoms with van der Waals surface area (Å²) in [5.74, 6) is -6.18. The van der Waals surface area contributed by atoms with Crippen LogP contribution in [0.15, 0.2) is 0 Å². The van der Waals surface area contributed by atoms with Gasteiger partial charge < -0.3 is 42.1 Å². The van der Waals surface area contributed by atoms with Crippen LogP contribution in [0.1, 0.15) is 6.42 Å². The molecule has 0 radical (unpaired) electrons. The molecule has 0 heterocycles. The van der Waals surface area contributed by atoms with Crippen LogP contribution in [0.25, 0.3) is 0 Å². The summed E-state index contributed by atoms with van der Waals surface area (Å²) in [4.78, 5) is 57.2. The molecule has 0 aromatic heterocycles. The quantitative estimate of drug-likeness (QED) is 0.139. The van der Waals surface area contributed by atoms with Gasteiger partial charge in [0.15, 0.2) is 0 Å². The number of thiol groups is 1. The molecular weight excluding hydrogens is 388 g/mol. The molecule has 0 fully saturated rings. The third-order valence-corrected chi connectivity index (χ3v) is 3.55. The van der Waals surface area contributed by atoms with Gasteiger partial charge in [-0.15, -0.1) is 0 Å². The van der Waals surface area contributed by atoms with E-state index in [2.05, 4.69) is 17.9 Å². The number of hydrogen-bond donors (Lipinski definition) is 9. The van der Waals surface area contributed by atoms with Crippen LogP contribution < -0.4 is 21.7 Å². The van der Waals surface area contributed by atoms with E-state index in [0.717, 1.165) is 0 Å². The zero-order chi connectivity index (χ0) is 21.1. The van der Waals surface area contributed by atoms with Crippen LogP contribution in [0, 0.1) is 0 Å². The maximum Gasteiger partial charge on any atom is 0.326 e. The van der Waals surface area contributed by atoms with Crippen molar-refractivity contribution in [1.29, 1.82) is 0 Å². The fourth-order valence-corrected chi connectivity index (χ4v) is 1.84. The van der Waals surface area contributed by atoms with Crippen molar-refractivity contribution in [2.45, 2.75) is 30.6 Å². The lowest BCUT2D eigenvalue weighted by molar-refractivity contribution is -0.147. The van der Waals surface area contributed by atoms with E-state index < -0.39 is 73.5 Å². The predicted molar refractivity (Wildman–Crippen MR) is 91.7 cm³/mol. The van der Waals surface area contributed by atoms with Crippen LogP contribution in [0.4, 0.5) is 0 Å². The first-order valence-electron chi connectivity index (χ1n) is 7.51. The maximum absolute atomic E-state index is 12.0. The van der Waals surface area contributed by atoms with Gasteiger partial charge in [-0.2, -0.15) is 12.6 Å². The number of carbonyl (C=O) groups excluding carboxylic acids is 3. The summed E-state index contributed by atoms with van der Waals surface area (Å²) in [6.07, 6.45) is -0.926. The van der Waals surface area contributed by atoms with E-state index in [-0.39, 0.29) is 5.75 Å². The lowest BCUT2D eigenvalue weighted by atomic mass is 10.1. The molecule has 13 nitrogen and oxygen atoms in total. The van der Waals surface area contributed by atoms with Crippen molar-refractivity contribution in [3.8, 4) is 0 Å². The number of amides is 3. The summed E-state index contributed by atoms with van der Waals surface area (Å²) in [5.41, 5.74) is 5.41. The molecule has 4 atom stereocenters. The number of carboxylic acids is 2. The lowest BCUT2D eigenvalue weighted by Crippen LogP contribution is -2.59. The van der Waals surface area contributed by atoms with Crippen LogP contribution in [0.3, 0.4) is 0 Å². The van der Waals surface area contributed by atoms with E-state index in [1.165, 1.54) is 0 Å². The molecule has 0 aliphatic heterocycles. The van der Waals surface area contributed by atoms with Gasteiger partial charge in [-0.05, 0) is 0 Å². The van der Waals surface area contributed by atoms with Gasteiger partial charge in [-0.25, -0.2) is 4.79 Å². The highest BCUT2D eigenvalue weighted by Crippen LogP contribution is 1.96. The second-order valence-corrected chi connectivity index (χ2v) is 5.64. The minimum absolute atomic E-state index is 0.0343. The van der Waals surface area contributed by atoms with Crippen molar-refractivity contribution >= 4 is 42.3 Å². The molecule has 3 amide bonds. The molecule has 0 spiro atoms. The van der Waals surface area contributed by atoms with Gasteiger partial charge in [0.05, 0.1) is 25.7 Å². The zero-order valence-electron chi connectivity index (χ0n) is 14.0. The molecule has 0 aliphatic carbocycles. The Balaban J connectivity index is 4.98. The minimum Gasteiger partial charge on any atom is -0.481 e. The summed E-state index contributed by atoms with van der Waals surface area (Å²) in [6.45, 7) is -1.81. The Hall–Kier alpha value is -2.42. The van der Waals surface area contributed by atoms with Crippen LogP contribution >= 0.6 is 12.6 Å². The fourth-order valence-electron chi connectivity index (χ4n) is 1.67. The van der Waals surface area contributed by atoms with Crippen LogP contribution in [-0.2, 0) is 24.0 Å². The van der Waals surface area contributed by atoms with E-state index in [4.69, 9.17) is 15.9 Å². The standard InChI is InChI=1S/C13H22N4O9S/c14-5(4-27)10(22)16-7(2-18)12(24)17-8(3-19)11(23)15-6(13(25)26)1-9(20)21/h5-8,18-19,27H,1-4,14H2,(H,15,23)(H,16,22)(H,17,24)(H,20,21)(H,25,26). The van der Waals surface area contributed by atoms with Crippen LogP contribution in [-0.4, -0.2) is 93.2 Å². The van der Waals surface area contributed by atoms with Crippen molar-refractivity contribution in [2.75, 3.05) is 19.0 Å². The van der Waals surface area contributed by atoms with E-state index in [0.29, 0.717) is 0 Å². The lowest BCUT2D eigenvalue weighted by Gasteiger charge is -2.22. The number of rotatable bonds is 12. The number of aliphatic hydroxyl groups is 2. The number of carboxylic acid groups (broad SMARTS) is 2. The van der Waals surface area contributed by atoms with E-state index in [1.54, 1.807) is 0 Å². The van der Waals surface area contributed by atoms with Crippen molar-refractivity contribution in [1.82, 2.24) is 16.0 Å². The van der Waals surface area contributed by atoms with Gasteiger partial charge in [-0.3, -0.25) is 19.2 Å². The van der Waals surface area contributed by atoms with Crippen LogP contribution in [0.5, 0.6) is 0 Å². The van der Waals surface area contributed by atoms with E-state index >= 15 is 0 Å². The average molecular weight is 410 g/mol. The monoisotopic (exact) mass is 410 g/mol. The Morgan fingerprint density at radius 1 is 0.815 bits per heavy atom. The molecule has 0 rings (SSSR count). The first kappa shape index (κ1) is 24.6. The normalized spacial score (nSPS) is 15.0. The third-order valence-electron chi connectivity index (χ3n) is 3.16. The van der Waals surface area contributed by atoms with E-state index in [1.807, 2.05) is 10.6 Å². The van der Waals surface area contributed by atoms with Crippen molar-refractivity contribution in [3.05, 3.63) is 0 Å². The number of carbonyl (C=O) groups is 5. The topological polar surface area (TPSA) is 228 Å². The maximum atomic E-state index is 12.0. The third kappa shape index (κ3) is 8.67. The largest absolute Gasteiger partial charge is 0.481 e. The highest BCUT2D eigenvalue weighted by molar-refractivity contribution is 7.80. The van der Waals surface area contributed by atoms with Gasteiger partial charge in [0.2, 0.25) is 17.7 Å². The number of hydrogen-bond acceptors (Lipinski definition) is 9. The summed E-state index contributed by atoms with van der Waals surface area (Å²) in [5, 5.41) is 41.9. The highest BCUT2D eigenvalue weighted by atomic mass is 32.1. The molecule has 0 saturated carbocycles. The van der Waals surface area contributed by atoms with Crippen molar-refractivity contribution in [3.63, 3.8) is 0 Å². The molecule has 0 aromatic rings. The smallest absolute Gasteiger partial charge is 0.326 e. The van der Waals surface area contributed by atoms with Gasteiger partial charge in [0.1, 0.15) is 18.1 Å². The predicted octanol–water partition coefficient (Wildman–Crippen LogP) is -4.76. The zero-order valence-corrected chi connectivity index (χ0v) is 14.9. The number of aliphatic carboxylic acids is 2. The summed E-state index contributed by atoms with van der Waals surface area (Å²) in [6, 6.07) is -6.00. The minimum atomic E-state index is -1.79. The van der Waals surface area contributed by atoms with Gasteiger partial charge in [-0.1, -0.05) is 0 Å². The molecular formula is C13H22N4O9S. The Kier molecular flexibility index (Phi) is 11.0. The van der Waals surface area contributed by atoms with Gasteiger partial charge in [0, 0.05) is 5.75 Å². The van der Waals surface area contributed by atoms with Crippen LogP contribution in [0.2, 0.25) is 0 Å². The second-order valence-electron chi connectivity index (χ2n) is 5.27. The van der Waals surface area contributed by atoms with Gasteiger partial charge in [0.25, 0.3) is 0 Å². The Morgan fingerprint density at radius 2 is 1.22 bits per heavy atom. The molecule has 27 heavy (non-hydrogen) atoms. The SMILES string of the molecule is NC(CS)C(=O)NC(CO)C(=O)NC(CO)C(=O)NC(CC(=O)O)C(=O)O. The number of aliphatic hydroxyl groups excluding tert-OH is 2. The Bertz CT molecular complexity index is 574. The number of nitrogens with one attached hydrogen (secondary N) is 3. The summed E-state index contributed by atoms with van der Waals surface area (Å²) >= 11 is 3.80. The first-order chi connectivity index (χ1) is 12.6. The molecule has 0 aromatic carbocycles. The van der Waals surface area contributed by atoms with E-state index in [9.17, 15) is 34.2 Å². The summed E-state index contributed by atoms with van der Waals surface area (Å²) in [7, 11) is 0. The van der Waals surface area contributed by atoms with Gasteiger partial charge >= 0.3 is 11.9 Å². The molecule has 4 unspecified atom stereocenters. The summed E-state index contributed by atoms with van der Waals surface area (Å²) < 4.78 is 0. The highest BCUT2D eigenvalue weighted by Gasteiger charge is 2.30. The Labute approximate surface area is 158 Å². The van der Waals surface area contributed by atoms with Crippen molar-refractivity contribution < 1.29 is 44.4 Å². The van der Waals surface area contributed by atoms with Crippen molar-refractivity contribution in [2.24, 2.45) is 5.73 Å². The Morgan fingerprint density at radius 3 is 1.56 bits per heavy atom. The first-order valence-corrected chi connectivity index (χ1v) is 8.14. The molecule has 0 bridgehead atoms. The number of nitrogens with two attached hydrogens (primary N) is 1. The average Bonchev–Trinajstić information content (AvgIpc) is 2.61. The fraction of sp³-hybridized carbons (Fsp3) is 0.615. The molecule has 9 N–H and O–H groups in total.